The van der Waals surface area contributed by atoms with Gasteiger partial charge in [-0.1, -0.05) is 84.8 Å². The predicted molar refractivity (Wildman–Crippen MR) is 188 cm³/mol. The fourth-order valence-corrected chi connectivity index (χ4v) is 5.71. The molecule has 11 nitrogen and oxygen atoms in total. The van der Waals surface area contributed by atoms with E-state index in [0.717, 1.165) is 21.6 Å². The SMILES string of the molecule is COC(=O)c1nn(COCC[Si](C)(C)C)nc1-c1ccc(Br)c(Cl)c1.O=C(O)c1n[nH]nc1-c1ccc(-c2ccc(Cl)cc2)c(Cl)c1. The summed E-state index contributed by atoms with van der Waals surface area (Å²) in [7, 11) is 0.152. The van der Waals surface area contributed by atoms with E-state index < -0.39 is 20.0 Å². The number of esters is 1. The molecule has 0 fully saturated rings. The number of aromatic amines is 1. The second-order valence-electron chi connectivity index (χ2n) is 11.3. The molecule has 16 heteroatoms. The van der Waals surface area contributed by atoms with Crippen molar-refractivity contribution in [3.8, 4) is 33.6 Å². The molecule has 0 unspecified atom stereocenters. The van der Waals surface area contributed by atoms with Gasteiger partial charge in [0, 0.05) is 45.9 Å². The maximum Gasteiger partial charge on any atom is 0.360 e. The summed E-state index contributed by atoms with van der Waals surface area (Å²) in [6.45, 7) is 7.68. The molecule has 0 atom stereocenters. The Kier molecular flexibility index (Phi) is 12.3. The first-order chi connectivity index (χ1) is 22.3. The summed E-state index contributed by atoms with van der Waals surface area (Å²) in [5.41, 5.74) is 3.65. The molecule has 5 rings (SSSR count). The molecule has 0 spiro atoms. The number of aromatic nitrogens is 6. The van der Waals surface area contributed by atoms with Crippen LogP contribution in [0.1, 0.15) is 21.0 Å². The van der Waals surface area contributed by atoms with E-state index in [0.29, 0.717) is 38.5 Å². The highest BCUT2D eigenvalue weighted by atomic mass is 79.9. The minimum Gasteiger partial charge on any atom is -0.476 e. The first kappa shape index (κ1) is 36.2. The lowest BCUT2D eigenvalue weighted by Gasteiger charge is -2.14. The van der Waals surface area contributed by atoms with Gasteiger partial charge >= 0.3 is 11.9 Å². The summed E-state index contributed by atoms with van der Waals surface area (Å²) in [6.07, 6.45) is 0. The van der Waals surface area contributed by atoms with Crippen LogP contribution in [0.5, 0.6) is 0 Å². The molecule has 2 N–H and O–H groups in total. The maximum atomic E-state index is 12.0. The number of aromatic carboxylic acids is 1. The van der Waals surface area contributed by atoms with Gasteiger partial charge in [-0.25, -0.2) is 9.59 Å². The number of hydrogen-bond donors (Lipinski definition) is 2. The topological polar surface area (TPSA) is 145 Å². The molecule has 0 saturated heterocycles. The molecule has 0 aliphatic heterocycles. The number of hydrogen-bond acceptors (Lipinski definition) is 8. The fraction of sp³-hybridized carbons (Fsp3) is 0.226. The lowest BCUT2D eigenvalue weighted by Crippen LogP contribution is -2.22. The molecular weight excluding hydrogens is 751 g/mol. The van der Waals surface area contributed by atoms with Crippen LogP contribution in [0.4, 0.5) is 0 Å². The third kappa shape index (κ3) is 9.72. The molecule has 0 aliphatic rings. The Labute approximate surface area is 295 Å². The van der Waals surface area contributed by atoms with Crippen molar-refractivity contribution in [2.24, 2.45) is 0 Å². The van der Waals surface area contributed by atoms with Gasteiger partial charge < -0.3 is 14.6 Å². The van der Waals surface area contributed by atoms with Gasteiger partial charge in [-0.2, -0.15) is 20.2 Å². The van der Waals surface area contributed by atoms with Gasteiger partial charge in [0.2, 0.25) is 0 Å². The average Bonchev–Trinajstić information content (AvgIpc) is 3.69. The molecule has 2 aromatic heterocycles. The van der Waals surface area contributed by atoms with Gasteiger partial charge in [-0.15, -0.1) is 10.2 Å². The number of halogens is 4. The quantitative estimate of drug-likeness (QED) is 0.0809. The second kappa shape index (κ2) is 16.0. The van der Waals surface area contributed by atoms with Crippen LogP contribution in [-0.4, -0.2) is 69.2 Å². The van der Waals surface area contributed by atoms with Crippen molar-refractivity contribution in [1.29, 1.82) is 0 Å². The van der Waals surface area contributed by atoms with Gasteiger partial charge in [0.1, 0.15) is 11.4 Å². The van der Waals surface area contributed by atoms with E-state index >= 15 is 0 Å². The van der Waals surface area contributed by atoms with Crippen LogP contribution >= 0.6 is 50.7 Å². The normalized spacial score (nSPS) is 11.1. The number of benzene rings is 3. The zero-order valence-corrected chi connectivity index (χ0v) is 30.6. The molecule has 0 radical (unpaired) electrons. The highest BCUT2D eigenvalue weighted by molar-refractivity contribution is 9.10. The fourth-order valence-electron chi connectivity index (χ4n) is 4.11. The van der Waals surface area contributed by atoms with Gasteiger partial charge in [0.25, 0.3) is 0 Å². The third-order valence-corrected chi connectivity index (χ3v) is 10.1. The first-order valence-corrected chi connectivity index (χ1v) is 19.7. The average molecular weight is 781 g/mol. The summed E-state index contributed by atoms with van der Waals surface area (Å²) >= 11 is 21.7. The van der Waals surface area contributed by atoms with Crippen LogP contribution in [0.2, 0.25) is 40.8 Å². The Morgan fingerprint density at radius 2 is 1.51 bits per heavy atom. The third-order valence-electron chi connectivity index (χ3n) is 6.58. The minimum atomic E-state index is -1.16. The summed E-state index contributed by atoms with van der Waals surface area (Å²) in [6, 6.07) is 18.9. The van der Waals surface area contributed by atoms with Crippen molar-refractivity contribution >= 4 is 70.7 Å². The van der Waals surface area contributed by atoms with Gasteiger partial charge in [0.15, 0.2) is 18.1 Å². The van der Waals surface area contributed by atoms with Crippen molar-refractivity contribution in [2.75, 3.05) is 13.7 Å². The first-order valence-electron chi connectivity index (χ1n) is 14.0. The molecule has 5 aromatic rings. The number of methoxy groups -OCH3 is 1. The number of carboxylic acid groups (broad SMARTS) is 1. The zero-order chi connectivity index (χ0) is 34.3. The van der Waals surface area contributed by atoms with Crippen LogP contribution in [0.3, 0.4) is 0 Å². The van der Waals surface area contributed by atoms with Gasteiger partial charge in [0.05, 0.1) is 12.1 Å². The highest BCUT2D eigenvalue weighted by Gasteiger charge is 2.22. The molecule has 47 heavy (non-hydrogen) atoms. The smallest absolute Gasteiger partial charge is 0.360 e. The van der Waals surface area contributed by atoms with Crippen LogP contribution in [0.15, 0.2) is 65.1 Å². The molecular formula is C31H30BrCl3N6O5Si. The number of nitrogens with one attached hydrogen (secondary N) is 1. The maximum absolute atomic E-state index is 12.0. The van der Waals surface area contributed by atoms with Gasteiger partial charge in [-0.3, -0.25) is 0 Å². The highest BCUT2D eigenvalue weighted by Crippen LogP contribution is 2.33. The van der Waals surface area contributed by atoms with Crippen LogP contribution < -0.4 is 0 Å². The largest absolute Gasteiger partial charge is 0.476 e. The lowest BCUT2D eigenvalue weighted by molar-refractivity contribution is 0.0574. The monoisotopic (exact) mass is 778 g/mol. The Bertz CT molecular complexity index is 1880. The molecule has 246 valence electrons. The summed E-state index contributed by atoms with van der Waals surface area (Å²) < 4.78 is 11.2. The Balaban J connectivity index is 0.000000214. The number of ether oxygens (including phenoxy) is 2. The molecule has 0 amide bonds. The minimum absolute atomic E-state index is 0.134. The molecule has 0 bridgehead atoms. The predicted octanol–water partition coefficient (Wildman–Crippen LogP) is 8.60. The summed E-state index contributed by atoms with van der Waals surface area (Å²) in [5, 5.41) is 29.1. The molecule has 3 aromatic carbocycles. The van der Waals surface area contributed by atoms with Gasteiger partial charge in [-0.05, 0) is 57.9 Å². The zero-order valence-electron chi connectivity index (χ0n) is 25.7. The van der Waals surface area contributed by atoms with Crippen LogP contribution in [0, 0.1) is 0 Å². The summed E-state index contributed by atoms with van der Waals surface area (Å²) in [5.74, 6) is -1.70. The van der Waals surface area contributed by atoms with E-state index in [1.807, 2.05) is 18.2 Å². The van der Waals surface area contributed by atoms with E-state index in [1.165, 1.54) is 11.9 Å². The van der Waals surface area contributed by atoms with Crippen LogP contribution in [-0.2, 0) is 16.2 Å². The number of H-pyrrole nitrogens is 1. The lowest BCUT2D eigenvalue weighted by atomic mass is 10.0. The number of rotatable bonds is 10. The number of nitrogens with zero attached hydrogens (tertiary/aromatic N) is 5. The Morgan fingerprint density at radius 1 is 0.872 bits per heavy atom. The standard InChI is InChI=1S/C16H21BrClN3O3Si.C15H9Cl2N3O2/c1-23-16(22)15-14(11-5-6-12(17)13(18)9-11)19-21(20-15)10-24-7-8-25(2,3)4;16-10-4-1-8(2-5-10)11-6-3-9(7-12(11)17)13-14(15(21)22)19-20-18-13/h5-6,9H,7-8,10H2,1-4H3;1-7H,(H,21,22)(H,18,19,20). The van der Waals surface area contributed by atoms with Crippen molar-refractivity contribution in [1.82, 2.24) is 30.4 Å². The number of carbonyl (C=O) groups is 2. The van der Waals surface area contributed by atoms with E-state index in [-0.39, 0.29) is 23.8 Å². The van der Waals surface area contributed by atoms with E-state index in [2.05, 4.69) is 61.2 Å². The summed E-state index contributed by atoms with van der Waals surface area (Å²) in [4.78, 5) is 24.5. The van der Waals surface area contributed by atoms with E-state index in [9.17, 15) is 9.59 Å². The Morgan fingerprint density at radius 3 is 2.13 bits per heavy atom. The second-order valence-corrected chi connectivity index (χ2v) is 19.0. The van der Waals surface area contributed by atoms with Crippen molar-refractivity contribution < 1.29 is 24.2 Å². The van der Waals surface area contributed by atoms with Crippen molar-refractivity contribution in [3.05, 3.63) is 91.6 Å². The van der Waals surface area contributed by atoms with E-state index in [4.69, 9.17) is 49.4 Å². The number of carboxylic acids is 1. The van der Waals surface area contributed by atoms with Crippen molar-refractivity contribution in [2.45, 2.75) is 32.4 Å². The van der Waals surface area contributed by atoms with E-state index in [1.54, 1.807) is 42.5 Å². The molecule has 2 heterocycles. The van der Waals surface area contributed by atoms with Crippen LogP contribution in [0.25, 0.3) is 33.6 Å². The molecule has 0 saturated carbocycles. The molecule has 0 aliphatic carbocycles. The van der Waals surface area contributed by atoms with Crippen molar-refractivity contribution in [3.63, 3.8) is 0 Å². The number of carbonyl (C=O) groups excluding carboxylic acids is 1. The Hall–Kier alpha value is -3.59.